The van der Waals surface area contributed by atoms with Crippen LogP contribution in [0.25, 0.3) is 0 Å². The number of nitrogens with zero attached hydrogens (tertiary/aromatic N) is 2. The molecule has 1 unspecified atom stereocenters. The maximum absolute atomic E-state index is 13.1. The van der Waals surface area contributed by atoms with Gasteiger partial charge >= 0.3 is 0 Å². The maximum atomic E-state index is 13.1. The highest BCUT2D eigenvalue weighted by atomic mass is 32.2. The van der Waals surface area contributed by atoms with Gasteiger partial charge in [-0.25, -0.2) is 8.42 Å². The molecule has 3 rings (SSSR count). The van der Waals surface area contributed by atoms with E-state index in [0.717, 1.165) is 24.8 Å². The molecule has 1 aliphatic heterocycles. The van der Waals surface area contributed by atoms with Crippen LogP contribution in [0, 0.1) is 0 Å². The largest absolute Gasteiger partial charge is 0.495 e. The van der Waals surface area contributed by atoms with Gasteiger partial charge in [0.1, 0.15) is 10.6 Å². The van der Waals surface area contributed by atoms with E-state index in [2.05, 4.69) is 41.4 Å². The van der Waals surface area contributed by atoms with Crippen LogP contribution in [0.1, 0.15) is 47.3 Å². The number of hydrogen-bond acceptors (Lipinski definition) is 5. The van der Waals surface area contributed by atoms with Crippen molar-refractivity contribution in [3.8, 4) is 5.75 Å². The maximum Gasteiger partial charge on any atom is 0.251 e. The van der Waals surface area contributed by atoms with E-state index in [-0.39, 0.29) is 22.6 Å². The van der Waals surface area contributed by atoms with Gasteiger partial charge in [0.05, 0.1) is 13.2 Å². The van der Waals surface area contributed by atoms with Crippen molar-refractivity contribution < 1.29 is 17.9 Å². The molecule has 0 bridgehead atoms. The number of amides is 1. The second-order valence-electron chi connectivity index (χ2n) is 8.26. The molecule has 8 heteroatoms. The molecule has 32 heavy (non-hydrogen) atoms. The SMILES string of the molecule is CCc1ccc(C(CNC(=O)c2ccc(OC)c(S(=O)(=O)N3CCCC3)c2)N(C)C)cc1. The molecule has 0 saturated carbocycles. The number of rotatable bonds is 9. The van der Waals surface area contributed by atoms with Crippen LogP contribution in [0.15, 0.2) is 47.4 Å². The molecule has 0 aliphatic carbocycles. The third kappa shape index (κ3) is 5.31. The van der Waals surface area contributed by atoms with Crippen LogP contribution < -0.4 is 10.1 Å². The molecule has 1 aliphatic rings. The third-order valence-electron chi connectivity index (χ3n) is 5.96. The van der Waals surface area contributed by atoms with Crippen molar-refractivity contribution in [3.63, 3.8) is 0 Å². The second kappa shape index (κ2) is 10.5. The van der Waals surface area contributed by atoms with Crippen molar-refractivity contribution in [2.24, 2.45) is 0 Å². The fourth-order valence-corrected chi connectivity index (χ4v) is 5.65. The van der Waals surface area contributed by atoms with E-state index in [1.807, 2.05) is 14.1 Å². The third-order valence-corrected chi connectivity index (χ3v) is 7.88. The average molecular weight is 460 g/mol. The summed E-state index contributed by atoms with van der Waals surface area (Å²) in [6.45, 7) is 3.50. The summed E-state index contributed by atoms with van der Waals surface area (Å²) >= 11 is 0. The molecule has 0 aromatic heterocycles. The normalized spacial score (nSPS) is 15.7. The number of nitrogens with one attached hydrogen (secondary N) is 1. The Bertz CT molecular complexity index is 1030. The molecule has 0 spiro atoms. The molecule has 1 N–H and O–H groups in total. The van der Waals surface area contributed by atoms with Crippen LogP contribution in [0.5, 0.6) is 5.75 Å². The summed E-state index contributed by atoms with van der Waals surface area (Å²) in [4.78, 5) is 15.0. The minimum atomic E-state index is -3.71. The number of aryl methyl sites for hydroxylation is 1. The summed E-state index contributed by atoms with van der Waals surface area (Å²) < 4.78 is 32.9. The number of carbonyl (C=O) groups excluding carboxylic acids is 1. The van der Waals surface area contributed by atoms with Gasteiger partial charge in [0.15, 0.2) is 0 Å². The lowest BCUT2D eigenvalue weighted by Crippen LogP contribution is -2.34. The van der Waals surface area contributed by atoms with Crippen molar-refractivity contribution in [1.29, 1.82) is 0 Å². The second-order valence-corrected chi connectivity index (χ2v) is 10.2. The Morgan fingerprint density at radius 3 is 2.34 bits per heavy atom. The zero-order chi connectivity index (χ0) is 23.3. The Hall–Kier alpha value is -2.42. The lowest BCUT2D eigenvalue weighted by molar-refractivity contribution is 0.0941. The Morgan fingerprint density at radius 1 is 1.12 bits per heavy atom. The van der Waals surface area contributed by atoms with Crippen LogP contribution in [0.2, 0.25) is 0 Å². The number of ether oxygens (including phenoxy) is 1. The predicted molar refractivity (Wildman–Crippen MR) is 126 cm³/mol. The summed E-state index contributed by atoms with van der Waals surface area (Å²) in [6, 6.07) is 12.9. The summed E-state index contributed by atoms with van der Waals surface area (Å²) in [5.41, 5.74) is 2.67. The molecule has 1 amide bonds. The van der Waals surface area contributed by atoms with E-state index in [9.17, 15) is 13.2 Å². The first-order valence-electron chi connectivity index (χ1n) is 11.0. The highest BCUT2D eigenvalue weighted by molar-refractivity contribution is 7.89. The number of hydrogen-bond donors (Lipinski definition) is 1. The van der Waals surface area contributed by atoms with E-state index in [4.69, 9.17) is 4.74 Å². The van der Waals surface area contributed by atoms with Crippen LogP contribution in [0.3, 0.4) is 0 Å². The van der Waals surface area contributed by atoms with Gasteiger partial charge in [-0.15, -0.1) is 0 Å². The molecule has 1 saturated heterocycles. The summed E-state index contributed by atoms with van der Waals surface area (Å²) in [6.07, 6.45) is 2.66. The van der Waals surface area contributed by atoms with E-state index in [1.54, 1.807) is 12.1 Å². The Morgan fingerprint density at radius 2 is 1.78 bits per heavy atom. The highest BCUT2D eigenvalue weighted by Gasteiger charge is 2.30. The van der Waals surface area contributed by atoms with Crippen LogP contribution in [-0.2, 0) is 16.4 Å². The fourth-order valence-electron chi connectivity index (χ4n) is 3.95. The predicted octanol–water partition coefficient (Wildman–Crippen LogP) is 3.07. The molecular weight excluding hydrogens is 426 g/mol. The molecule has 174 valence electrons. The highest BCUT2D eigenvalue weighted by Crippen LogP contribution is 2.30. The summed E-state index contributed by atoms with van der Waals surface area (Å²) in [7, 11) is 1.66. The van der Waals surface area contributed by atoms with Gasteiger partial charge in [-0.05, 0) is 62.7 Å². The molecule has 1 heterocycles. The Labute approximate surface area is 191 Å². The zero-order valence-electron chi connectivity index (χ0n) is 19.3. The van der Waals surface area contributed by atoms with Gasteiger partial charge in [-0.1, -0.05) is 31.2 Å². The van der Waals surface area contributed by atoms with Gasteiger partial charge in [0.25, 0.3) is 5.91 Å². The molecule has 0 radical (unpaired) electrons. The Kier molecular flexibility index (Phi) is 7.92. The molecular formula is C24H33N3O4S. The smallest absolute Gasteiger partial charge is 0.251 e. The van der Waals surface area contributed by atoms with Crippen molar-refractivity contribution in [2.75, 3.05) is 40.8 Å². The molecule has 2 aromatic carbocycles. The van der Waals surface area contributed by atoms with E-state index in [1.165, 1.54) is 23.0 Å². The first-order chi connectivity index (χ1) is 15.3. The Balaban J connectivity index is 1.79. The van der Waals surface area contributed by atoms with Crippen molar-refractivity contribution in [1.82, 2.24) is 14.5 Å². The van der Waals surface area contributed by atoms with Gasteiger partial charge in [-0.2, -0.15) is 4.31 Å². The minimum Gasteiger partial charge on any atom is -0.495 e. The first kappa shape index (κ1) is 24.2. The average Bonchev–Trinajstić information content (AvgIpc) is 3.35. The number of likely N-dealkylation sites (N-methyl/N-ethyl adjacent to an activating group) is 1. The van der Waals surface area contributed by atoms with Crippen LogP contribution in [-0.4, -0.2) is 64.4 Å². The molecule has 1 atom stereocenters. The lowest BCUT2D eigenvalue weighted by Gasteiger charge is -2.25. The topological polar surface area (TPSA) is 78.9 Å². The van der Waals surface area contributed by atoms with Crippen molar-refractivity contribution >= 4 is 15.9 Å². The quantitative estimate of drug-likeness (QED) is 0.624. The number of benzene rings is 2. The summed E-state index contributed by atoms with van der Waals surface area (Å²) in [5.74, 6) is -0.0711. The van der Waals surface area contributed by atoms with Crippen molar-refractivity contribution in [3.05, 3.63) is 59.2 Å². The van der Waals surface area contributed by atoms with E-state index in [0.29, 0.717) is 25.2 Å². The van der Waals surface area contributed by atoms with Gasteiger partial charge in [0, 0.05) is 25.2 Å². The van der Waals surface area contributed by atoms with Crippen LogP contribution >= 0.6 is 0 Å². The molecule has 7 nitrogen and oxygen atoms in total. The summed E-state index contributed by atoms with van der Waals surface area (Å²) in [5, 5.41) is 2.96. The number of carbonyl (C=O) groups is 1. The monoisotopic (exact) mass is 459 g/mol. The van der Waals surface area contributed by atoms with Crippen molar-refractivity contribution in [2.45, 2.75) is 37.1 Å². The van der Waals surface area contributed by atoms with E-state index >= 15 is 0 Å². The number of sulfonamides is 1. The van der Waals surface area contributed by atoms with Crippen LogP contribution in [0.4, 0.5) is 0 Å². The molecule has 2 aromatic rings. The van der Waals surface area contributed by atoms with Gasteiger partial charge in [-0.3, -0.25) is 4.79 Å². The standard InChI is InChI=1S/C24H33N3O4S/c1-5-18-8-10-19(11-9-18)21(26(2)3)17-25-24(28)20-12-13-22(31-4)23(16-20)32(29,30)27-14-6-7-15-27/h8-13,16,21H,5-7,14-15,17H2,1-4H3,(H,25,28). The van der Waals surface area contributed by atoms with Gasteiger partial charge in [0.2, 0.25) is 10.0 Å². The lowest BCUT2D eigenvalue weighted by atomic mass is 10.0. The van der Waals surface area contributed by atoms with Gasteiger partial charge < -0.3 is 15.0 Å². The first-order valence-corrected chi connectivity index (χ1v) is 12.4. The minimum absolute atomic E-state index is 0.00379. The number of methoxy groups -OCH3 is 1. The van der Waals surface area contributed by atoms with E-state index < -0.39 is 10.0 Å². The fraction of sp³-hybridized carbons (Fsp3) is 0.458. The zero-order valence-corrected chi connectivity index (χ0v) is 20.1. The molecule has 1 fully saturated rings.